The Balaban J connectivity index is 1.82. The van der Waals surface area contributed by atoms with E-state index in [4.69, 9.17) is 0 Å². The Kier molecular flexibility index (Phi) is 5.67. The summed E-state index contributed by atoms with van der Waals surface area (Å²) in [6, 6.07) is 21.3. The van der Waals surface area contributed by atoms with Crippen LogP contribution in [0.2, 0.25) is 0 Å². The topological polar surface area (TPSA) is 71.9 Å². The molecular weight excluding hydrogens is 388 g/mol. The maximum Gasteiger partial charge on any atom is 0.328 e. The van der Waals surface area contributed by atoms with Crippen molar-refractivity contribution >= 4 is 16.6 Å². The van der Waals surface area contributed by atoms with Gasteiger partial charge in [0, 0.05) is 23.2 Å². The molecule has 4 rings (SSSR count). The highest BCUT2D eigenvalue weighted by Crippen LogP contribution is 2.22. The second kappa shape index (κ2) is 8.56. The van der Waals surface area contributed by atoms with Crippen LogP contribution < -0.4 is 11.2 Å². The van der Waals surface area contributed by atoms with Crippen LogP contribution in [0.4, 0.5) is 0 Å². The van der Waals surface area contributed by atoms with Crippen molar-refractivity contribution in [3.05, 3.63) is 116 Å². The molecule has 5 heteroatoms. The monoisotopic (exact) mass is 412 g/mol. The van der Waals surface area contributed by atoms with E-state index in [1.165, 1.54) is 4.57 Å². The van der Waals surface area contributed by atoms with E-state index in [2.05, 4.69) is 4.98 Å². The number of fused-ring (bicyclic) bond motifs is 1. The van der Waals surface area contributed by atoms with Crippen LogP contribution in [0.25, 0.3) is 10.8 Å². The number of aryl methyl sites for hydroxylation is 1. The molecule has 0 spiro atoms. The summed E-state index contributed by atoms with van der Waals surface area (Å²) < 4.78 is 1.42. The molecule has 3 aromatic carbocycles. The number of ketones is 1. The molecule has 1 heterocycles. The smallest absolute Gasteiger partial charge is 0.292 e. The Morgan fingerprint density at radius 2 is 1.65 bits per heavy atom. The molecule has 0 aliphatic carbocycles. The van der Waals surface area contributed by atoms with Gasteiger partial charge in [-0.05, 0) is 29.7 Å². The third kappa shape index (κ3) is 4.12. The molecule has 1 N–H and O–H groups in total. The van der Waals surface area contributed by atoms with E-state index < -0.39 is 5.69 Å². The molecule has 0 saturated heterocycles. The van der Waals surface area contributed by atoms with E-state index >= 15 is 0 Å². The minimum absolute atomic E-state index is 0.119. The summed E-state index contributed by atoms with van der Waals surface area (Å²) in [6.07, 6.45) is 0.860. The summed E-state index contributed by atoms with van der Waals surface area (Å²) in [5, 5.41) is 2.16. The number of nitrogens with zero attached hydrogens (tertiary/aromatic N) is 1. The SMILES string of the molecule is CCc1c(Cc2cccc3ccccc23)n(CC(=O)c2ccc(C)cc2)c(=O)[nH]c1=O. The molecule has 0 aliphatic heterocycles. The van der Waals surface area contributed by atoms with Gasteiger partial charge in [0.25, 0.3) is 5.56 Å². The summed E-state index contributed by atoms with van der Waals surface area (Å²) in [5.74, 6) is -0.171. The normalized spacial score (nSPS) is 11.0. The van der Waals surface area contributed by atoms with Gasteiger partial charge in [0.15, 0.2) is 5.78 Å². The molecule has 0 radical (unpaired) electrons. The number of nitrogens with one attached hydrogen (secondary N) is 1. The van der Waals surface area contributed by atoms with Gasteiger partial charge in [0.1, 0.15) is 0 Å². The van der Waals surface area contributed by atoms with E-state index in [1.807, 2.05) is 68.4 Å². The number of H-pyrrole nitrogens is 1. The number of carbonyl (C=O) groups is 1. The Bertz CT molecular complexity index is 1370. The minimum Gasteiger partial charge on any atom is -0.292 e. The van der Waals surface area contributed by atoms with Gasteiger partial charge in [-0.25, -0.2) is 4.79 Å². The molecule has 0 saturated carbocycles. The second-order valence-electron chi connectivity index (χ2n) is 7.73. The molecule has 156 valence electrons. The van der Waals surface area contributed by atoms with Crippen molar-refractivity contribution in [3.63, 3.8) is 0 Å². The van der Waals surface area contributed by atoms with Crippen molar-refractivity contribution < 1.29 is 4.79 Å². The number of carbonyl (C=O) groups excluding carboxylic acids is 1. The maximum atomic E-state index is 12.9. The van der Waals surface area contributed by atoms with Gasteiger partial charge in [0.05, 0.1) is 6.54 Å². The first-order valence-corrected chi connectivity index (χ1v) is 10.4. The molecule has 0 aliphatic rings. The van der Waals surface area contributed by atoms with Crippen LogP contribution in [-0.4, -0.2) is 15.3 Å². The Morgan fingerprint density at radius 3 is 2.39 bits per heavy atom. The van der Waals surface area contributed by atoms with Crippen LogP contribution in [-0.2, 0) is 19.4 Å². The lowest BCUT2D eigenvalue weighted by Gasteiger charge is -2.16. The zero-order chi connectivity index (χ0) is 22.0. The van der Waals surface area contributed by atoms with Crippen molar-refractivity contribution in [2.45, 2.75) is 33.2 Å². The van der Waals surface area contributed by atoms with E-state index in [-0.39, 0.29) is 17.9 Å². The highest BCUT2D eigenvalue weighted by Gasteiger charge is 2.18. The van der Waals surface area contributed by atoms with Crippen molar-refractivity contribution in [3.8, 4) is 0 Å². The second-order valence-corrected chi connectivity index (χ2v) is 7.73. The fraction of sp³-hybridized carbons (Fsp3) is 0.192. The van der Waals surface area contributed by atoms with Crippen LogP contribution in [0.15, 0.2) is 76.3 Å². The lowest BCUT2D eigenvalue weighted by molar-refractivity contribution is 0.0969. The lowest BCUT2D eigenvalue weighted by atomic mass is 9.98. The van der Waals surface area contributed by atoms with Gasteiger partial charge in [0.2, 0.25) is 0 Å². The van der Waals surface area contributed by atoms with Gasteiger partial charge in [-0.3, -0.25) is 19.1 Å². The average molecular weight is 412 g/mol. The van der Waals surface area contributed by atoms with Gasteiger partial charge in [-0.1, -0.05) is 79.2 Å². The quantitative estimate of drug-likeness (QED) is 0.486. The van der Waals surface area contributed by atoms with Gasteiger partial charge in [-0.15, -0.1) is 0 Å². The highest BCUT2D eigenvalue weighted by molar-refractivity contribution is 5.96. The highest BCUT2D eigenvalue weighted by atomic mass is 16.2. The van der Waals surface area contributed by atoms with Crippen molar-refractivity contribution in [2.75, 3.05) is 0 Å². The molecule has 0 atom stereocenters. The van der Waals surface area contributed by atoms with E-state index in [1.54, 1.807) is 12.1 Å². The Morgan fingerprint density at radius 1 is 0.935 bits per heavy atom. The molecular formula is C26H24N2O3. The standard InChI is InChI=1S/C26H24N2O3/c1-3-21-23(15-20-9-6-8-18-7-4-5-10-22(18)20)28(26(31)27-25(21)30)16-24(29)19-13-11-17(2)12-14-19/h4-14H,3,15-16H2,1-2H3,(H,27,30,31). The van der Waals surface area contributed by atoms with Gasteiger partial charge in [-0.2, -0.15) is 0 Å². The molecule has 4 aromatic rings. The first-order chi connectivity index (χ1) is 15.0. The van der Waals surface area contributed by atoms with Crippen LogP contribution in [0.1, 0.15) is 39.7 Å². The first-order valence-electron chi connectivity index (χ1n) is 10.4. The fourth-order valence-corrected chi connectivity index (χ4v) is 3.99. The van der Waals surface area contributed by atoms with Crippen LogP contribution in [0.3, 0.4) is 0 Å². The van der Waals surface area contributed by atoms with Gasteiger partial charge >= 0.3 is 5.69 Å². The minimum atomic E-state index is -0.558. The maximum absolute atomic E-state index is 12.9. The van der Waals surface area contributed by atoms with Gasteiger partial charge < -0.3 is 0 Å². The van der Waals surface area contributed by atoms with Crippen molar-refractivity contribution in [1.82, 2.24) is 9.55 Å². The number of Topliss-reactive ketones (excluding diaryl/α,β-unsaturated/α-hetero) is 1. The summed E-state index contributed by atoms with van der Waals surface area (Å²) in [5.41, 5.74) is 2.78. The molecule has 0 bridgehead atoms. The van der Waals surface area contributed by atoms with E-state index in [0.29, 0.717) is 29.7 Å². The molecule has 0 fully saturated rings. The van der Waals surface area contributed by atoms with E-state index in [9.17, 15) is 14.4 Å². The number of hydrogen-bond donors (Lipinski definition) is 1. The number of hydrogen-bond acceptors (Lipinski definition) is 3. The van der Waals surface area contributed by atoms with Crippen molar-refractivity contribution in [2.24, 2.45) is 0 Å². The zero-order valence-corrected chi connectivity index (χ0v) is 17.6. The largest absolute Gasteiger partial charge is 0.328 e. The van der Waals surface area contributed by atoms with Crippen molar-refractivity contribution in [1.29, 1.82) is 0 Å². The predicted octanol–water partition coefficient (Wildman–Crippen LogP) is 4.03. The lowest BCUT2D eigenvalue weighted by Crippen LogP contribution is -2.37. The first kappa shape index (κ1) is 20.5. The molecule has 1 aromatic heterocycles. The zero-order valence-electron chi connectivity index (χ0n) is 17.6. The molecule has 31 heavy (non-hydrogen) atoms. The number of aromatic amines is 1. The molecule has 0 unspecified atom stereocenters. The van der Waals surface area contributed by atoms with Crippen LogP contribution in [0, 0.1) is 6.92 Å². The number of aromatic nitrogens is 2. The summed E-state index contributed by atoms with van der Waals surface area (Å²) >= 11 is 0. The number of rotatable bonds is 6. The Labute approximate surface area is 180 Å². The van der Waals surface area contributed by atoms with Crippen LogP contribution in [0.5, 0.6) is 0 Å². The third-order valence-electron chi connectivity index (χ3n) is 5.68. The molecule has 5 nitrogen and oxygen atoms in total. The van der Waals surface area contributed by atoms with E-state index in [0.717, 1.165) is 21.9 Å². The fourth-order valence-electron chi connectivity index (χ4n) is 3.99. The average Bonchev–Trinajstić information content (AvgIpc) is 2.77. The summed E-state index contributed by atoms with van der Waals surface area (Å²) in [4.78, 5) is 40.6. The molecule has 0 amide bonds. The predicted molar refractivity (Wildman–Crippen MR) is 123 cm³/mol. The summed E-state index contributed by atoms with van der Waals surface area (Å²) in [7, 11) is 0. The summed E-state index contributed by atoms with van der Waals surface area (Å²) in [6.45, 7) is 3.72. The van der Waals surface area contributed by atoms with Crippen LogP contribution >= 0.6 is 0 Å². The number of benzene rings is 3. The third-order valence-corrected chi connectivity index (χ3v) is 5.68. The Hall–Kier alpha value is -3.73.